The van der Waals surface area contributed by atoms with Crippen LogP contribution in [0.15, 0.2) is 42.9 Å². The van der Waals surface area contributed by atoms with Gasteiger partial charge in [0.15, 0.2) is 29.1 Å². The molecule has 5 rings (SSSR count). The number of rotatable bonds is 5. The summed E-state index contributed by atoms with van der Waals surface area (Å²) in [7, 11) is 1.59. The Hall–Kier alpha value is -3.92. The van der Waals surface area contributed by atoms with Crippen LogP contribution in [0.25, 0.3) is 17.8 Å². The van der Waals surface area contributed by atoms with Crippen LogP contribution < -0.4 is 4.74 Å². The van der Waals surface area contributed by atoms with Crippen LogP contribution in [0, 0.1) is 24.4 Å². The molecule has 10 heteroatoms. The smallest absolute Gasteiger partial charge is 0.194 e. The molecule has 0 unspecified atom stereocenters. The summed E-state index contributed by atoms with van der Waals surface area (Å²) in [6.07, 6.45) is 7.75. The third kappa shape index (κ3) is 4.10. The average molecular weight is 481 g/mol. The molecule has 0 fully saturated rings. The molecule has 0 spiro atoms. The van der Waals surface area contributed by atoms with Crippen LogP contribution >= 0.6 is 0 Å². The number of hydrogen-bond acceptors (Lipinski definition) is 5. The van der Waals surface area contributed by atoms with E-state index in [9.17, 15) is 18.3 Å². The van der Waals surface area contributed by atoms with Gasteiger partial charge in [-0.05, 0) is 61.2 Å². The van der Waals surface area contributed by atoms with Crippen molar-refractivity contribution in [1.29, 1.82) is 0 Å². The van der Waals surface area contributed by atoms with E-state index in [1.165, 1.54) is 4.68 Å². The third-order valence-corrected chi connectivity index (χ3v) is 6.05. The lowest BCUT2D eigenvalue weighted by atomic mass is 9.86. The Kier molecular flexibility index (Phi) is 5.68. The maximum absolute atomic E-state index is 13.9. The Balaban J connectivity index is 1.45. The Morgan fingerprint density at radius 1 is 1.11 bits per heavy atom. The van der Waals surface area contributed by atoms with Gasteiger partial charge in [-0.3, -0.25) is 0 Å². The van der Waals surface area contributed by atoms with Gasteiger partial charge in [-0.2, -0.15) is 5.10 Å². The van der Waals surface area contributed by atoms with E-state index in [2.05, 4.69) is 15.1 Å². The highest BCUT2D eigenvalue weighted by Crippen LogP contribution is 2.37. The lowest BCUT2D eigenvalue weighted by molar-refractivity contribution is 0.0387. The van der Waals surface area contributed by atoms with Crippen LogP contribution in [0.5, 0.6) is 5.75 Å². The molecule has 1 atom stereocenters. The second-order valence-corrected chi connectivity index (χ2v) is 8.42. The number of nitrogens with zero attached hydrogens (tertiary/aromatic N) is 5. The van der Waals surface area contributed by atoms with Crippen molar-refractivity contribution in [3.05, 3.63) is 88.8 Å². The number of aryl methyl sites for hydroxylation is 2. The van der Waals surface area contributed by atoms with Gasteiger partial charge in [0, 0.05) is 12.7 Å². The van der Waals surface area contributed by atoms with Crippen molar-refractivity contribution >= 4 is 12.2 Å². The van der Waals surface area contributed by atoms with E-state index >= 15 is 0 Å². The first-order valence-electron chi connectivity index (χ1n) is 11.0. The molecule has 0 saturated heterocycles. The molecule has 35 heavy (non-hydrogen) atoms. The number of fused-ring (bicyclic) bond motifs is 1. The first kappa shape index (κ1) is 22.9. The van der Waals surface area contributed by atoms with Crippen molar-refractivity contribution in [2.24, 2.45) is 0 Å². The molecule has 0 aliphatic carbocycles. The van der Waals surface area contributed by atoms with Crippen LogP contribution in [-0.4, -0.2) is 36.5 Å². The lowest BCUT2D eigenvalue weighted by Gasteiger charge is -2.31. The maximum Gasteiger partial charge on any atom is 0.194 e. The van der Waals surface area contributed by atoms with Gasteiger partial charge < -0.3 is 14.4 Å². The Bertz CT molecular complexity index is 1420. The lowest BCUT2D eigenvalue weighted by Crippen LogP contribution is -2.36. The van der Waals surface area contributed by atoms with Gasteiger partial charge in [0.1, 0.15) is 11.4 Å². The van der Waals surface area contributed by atoms with Gasteiger partial charge in [-0.25, -0.2) is 27.8 Å². The number of aliphatic hydroxyl groups is 1. The van der Waals surface area contributed by atoms with Gasteiger partial charge in [0.05, 0.1) is 24.8 Å². The van der Waals surface area contributed by atoms with E-state index in [-0.39, 0.29) is 17.8 Å². The number of hydrogen-bond donors (Lipinski definition) is 1. The molecule has 1 aliphatic heterocycles. The standard InChI is InChI=1S/C25H22F3N5O2/c1-15-13-32(14-29-15)20-6-4-16(10-21(20)35-2)5-7-22-30-24-25(34,8-3-9-33(24)31-22)17-11-18(26)23(28)19(27)12-17/h4-7,10-14,34H,3,8-9H2,1-2H3/b7-5+/t25-/m0/s1. The van der Waals surface area contributed by atoms with E-state index in [4.69, 9.17) is 4.74 Å². The van der Waals surface area contributed by atoms with Gasteiger partial charge in [-0.1, -0.05) is 12.1 Å². The number of ether oxygens (including phenoxy) is 1. The van der Waals surface area contributed by atoms with E-state index in [1.807, 2.05) is 35.9 Å². The van der Waals surface area contributed by atoms with Crippen LogP contribution in [0.4, 0.5) is 13.2 Å². The highest BCUT2D eigenvalue weighted by molar-refractivity contribution is 5.69. The fraction of sp³-hybridized carbons (Fsp3) is 0.240. The van der Waals surface area contributed by atoms with Gasteiger partial charge in [0.25, 0.3) is 0 Å². The van der Waals surface area contributed by atoms with Gasteiger partial charge >= 0.3 is 0 Å². The molecule has 180 valence electrons. The summed E-state index contributed by atoms with van der Waals surface area (Å²) in [6.45, 7) is 2.39. The molecular formula is C25H22F3N5O2. The van der Waals surface area contributed by atoms with E-state index in [0.717, 1.165) is 29.1 Å². The summed E-state index contributed by atoms with van der Waals surface area (Å²) >= 11 is 0. The monoisotopic (exact) mass is 481 g/mol. The summed E-state index contributed by atoms with van der Waals surface area (Å²) in [5.41, 5.74) is 0.656. The second kappa shape index (κ2) is 8.70. The summed E-state index contributed by atoms with van der Waals surface area (Å²) < 4.78 is 50.1. The molecule has 2 aromatic heterocycles. The fourth-order valence-electron chi connectivity index (χ4n) is 4.29. The number of aromatic nitrogens is 5. The van der Waals surface area contributed by atoms with Crippen LogP contribution in [-0.2, 0) is 12.1 Å². The topological polar surface area (TPSA) is 78.0 Å². The van der Waals surface area contributed by atoms with Crippen LogP contribution in [0.3, 0.4) is 0 Å². The first-order chi connectivity index (χ1) is 16.8. The van der Waals surface area contributed by atoms with E-state index in [0.29, 0.717) is 24.5 Å². The zero-order valence-corrected chi connectivity index (χ0v) is 19.0. The SMILES string of the molecule is COc1cc(/C=C/c2nc3n(n2)CCC[C@]3(O)c2cc(F)c(F)c(F)c2)ccc1-n1cnc(C)c1. The molecule has 3 heterocycles. The third-order valence-electron chi connectivity index (χ3n) is 6.05. The molecule has 0 amide bonds. The quantitative estimate of drug-likeness (QED) is 0.428. The number of halogens is 3. The number of methoxy groups -OCH3 is 1. The van der Waals surface area contributed by atoms with Gasteiger partial charge in [-0.15, -0.1) is 0 Å². The van der Waals surface area contributed by atoms with Crippen molar-refractivity contribution in [2.45, 2.75) is 31.9 Å². The molecule has 0 radical (unpaired) electrons. The molecule has 0 saturated carbocycles. The minimum Gasteiger partial charge on any atom is -0.495 e. The van der Waals surface area contributed by atoms with E-state index < -0.39 is 23.1 Å². The molecule has 2 aromatic carbocycles. The van der Waals surface area contributed by atoms with Crippen molar-refractivity contribution in [3.8, 4) is 11.4 Å². The molecule has 1 N–H and O–H groups in total. The largest absolute Gasteiger partial charge is 0.495 e. The highest BCUT2D eigenvalue weighted by Gasteiger charge is 2.40. The Labute approximate surface area is 199 Å². The summed E-state index contributed by atoms with van der Waals surface area (Å²) in [5.74, 6) is -3.20. The van der Waals surface area contributed by atoms with Crippen LogP contribution in [0.2, 0.25) is 0 Å². The minimum atomic E-state index is -1.79. The van der Waals surface area contributed by atoms with Crippen molar-refractivity contribution in [1.82, 2.24) is 24.3 Å². The molecule has 7 nitrogen and oxygen atoms in total. The van der Waals surface area contributed by atoms with E-state index in [1.54, 1.807) is 25.6 Å². The van der Waals surface area contributed by atoms with Crippen molar-refractivity contribution in [2.75, 3.05) is 7.11 Å². The zero-order chi connectivity index (χ0) is 24.7. The van der Waals surface area contributed by atoms with Gasteiger partial charge in [0.2, 0.25) is 0 Å². The number of benzene rings is 2. The summed E-state index contributed by atoms with van der Waals surface area (Å²) in [4.78, 5) is 8.66. The average Bonchev–Trinajstić information content (AvgIpc) is 3.47. The normalized spacial score (nSPS) is 17.7. The Morgan fingerprint density at radius 2 is 1.89 bits per heavy atom. The van der Waals surface area contributed by atoms with Crippen LogP contribution in [0.1, 0.15) is 41.3 Å². The summed E-state index contributed by atoms with van der Waals surface area (Å²) in [5, 5.41) is 15.7. The fourth-order valence-corrected chi connectivity index (χ4v) is 4.29. The molecule has 0 bridgehead atoms. The maximum atomic E-state index is 13.9. The minimum absolute atomic E-state index is 0.104. The highest BCUT2D eigenvalue weighted by atomic mass is 19.2. The summed E-state index contributed by atoms with van der Waals surface area (Å²) in [6, 6.07) is 7.26. The Morgan fingerprint density at radius 3 is 2.57 bits per heavy atom. The predicted octanol–water partition coefficient (Wildman–Crippen LogP) is 4.40. The molecular weight excluding hydrogens is 459 g/mol. The molecule has 1 aliphatic rings. The number of imidazole rings is 1. The van der Waals surface area contributed by atoms with Crippen molar-refractivity contribution < 1.29 is 23.0 Å². The zero-order valence-electron chi connectivity index (χ0n) is 19.0. The van der Waals surface area contributed by atoms with Crippen molar-refractivity contribution in [3.63, 3.8) is 0 Å². The predicted molar refractivity (Wildman–Crippen MR) is 122 cm³/mol. The molecule has 4 aromatic rings. The first-order valence-corrected chi connectivity index (χ1v) is 11.0. The second-order valence-electron chi connectivity index (χ2n) is 8.42.